The van der Waals surface area contributed by atoms with E-state index in [0.717, 1.165) is 12.8 Å². The van der Waals surface area contributed by atoms with Crippen LogP contribution in [0.5, 0.6) is 0 Å². The average molecular weight is 332 g/mol. The van der Waals surface area contributed by atoms with E-state index in [4.69, 9.17) is 4.42 Å². The highest BCUT2D eigenvalue weighted by Gasteiger charge is 2.15. The Labute approximate surface area is 133 Å². The maximum Gasteiger partial charge on any atom is 0.284 e. The van der Waals surface area contributed by atoms with Crippen molar-refractivity contribution in [1.29, 1.82) is 0 Å². The first-order chi connectivity index (χ1) is 10.6. The van der Waals surface area contributed by atoms with Crippen LogP contribution in [0, 0.1) is 0 Å². The van der Waals surface area contributed by atoms with Gasteiger partial charge in [0.25, 0.3) is 5.76 Å². The first kappa shape index (κ1) is 17.3. The molecule has 0 radical (unpaired) electrons. The van der Waals surface area contributed by atoms with Crippen molar-refractivity contribution in [3.05, 3.63) is 23.7 Å². The normalized spacial score (nSPS) is 16.1. The molecule has 1 fully saturated rings. The lowest BCUT2D eigenvalue weighted by Gasteiger charge is -2.22. The molecule has 7 heteroatoms. The van der Waals surface area contributed by atoms with Crippen molar-refractivity contribution in [2.45, 2.75) is 56.2 Å². The minimum absolute atomic E-state index is 0.00747. The van der Waals surface area contributed by atoms with Crippen molar-refractivity contribution < 1.29 is 18.0 Å². The van der Waals surface area contributed by atoms with Crippen molar-refractivity contribution in [3.8, 4) is 0 Å². The number of rotatable bonds is 8. The van der Waals surface area contributed by atoms with Gasteiger partial charge >= 0.3 is 0 Å². The summed E-state index contributed by atoms with van der Waals surface area (Å²) in [6, 6.07) is 3.74. The number of alkyl halides is 2. The third kappa shape index (κ3) is 6.36. The molecule has 124 valence electrons. The van der Waals surface area contributed by atoms with Gasteiger partial charge in [-0.05, 0) is 25.0 Å². The van der Waals surface area contributed by atoms with Gasteiger partial charge < -0.3 is 15.1 Å². The number of hydrogen-bond acceptors (Lipinski definition) is 4. The summed E-state index contributed by atoms with van der Waals surface area (Å²) in [7, 11) is 0. The fraction of sp³-hybridized carbons (Fsp3) is 0.667. The van der Waals surface area contributed by atoms with E-state index in [1.807, 2.05) is 0 Å². The van der Waals surface area contributed by atoms with Gasteiger partial charge in [-0.1, -0.05) is 31.0 Å². The lowest BCUT2D eigenvalue weighted by Crippen LogP contribution is -2.41. The molecule has 0 unspecified atom stereocenters. The third-order valence-electron chi connectivity index (χ3n) is 3.62. The molecule has 2 rings (SSSR count). The summed E-state index contributed by atoms with van der Waals surface area (Å²) in [6.07, 6.45) is 5.76. The standard InChI is InChI=1S/C15H22F2N2O2S/c16-15(17)22-10-13-7-6-12(21-13)8-18-9-14(20)19-11-4-2-1-3-5-11/h6-7,11,15,18H,1-5,8-10H2,(H,19,20). The molecule has 22 heavy (non-hydrogen) atoms. The number of carbonyl (C=O) groups is 1. The van der Waals surface area contributed by atoms with Gasteiger partial charge in [0.2, 0.25) is 5.91 Å². The zero-order valence-electron chi connectivity index (χ0n) is 12.4. The number of hydrogen-bond donors (Lipinski definition) is 2. The second-order valence-corrected chi connectivity index (χ2v) is 6.42. The lowest BCUT2D eigenvalue weighted by molar-refractivity contribution is -0.121. The Hall–Kier alpha value is -1.08. The van der Waals surface area contributed by atoms with Crippen molar-refractivity contribution >= 4 is 17.7 Å². The van der Waals surface area contributed by atoms with Crippen LogP contribution in [0.2, 0.25) is 0 Å². The molecule has 1 heterocycles. The molecular formula is C15H22F2N2O2S. The molecule has 2 N–H and O–H groups in total. The van der Waals surface area contributed by atoms with Crippen molar-refractivity contribution in [2.24, 2.45) is 0 Å². The van der Waals surface area contributed by atoms with Crippen LogP contribution >= 0.6 is 11.8 Å². The smallest absolute Gasteiger partial charge is 0.284 e. The number of thioether (sulfide) groups is 1. The van der Waals surface area contributed by atoms with Gasteiger partial charge in [-0.3, -0.25) is 4.79 Å². The zero-order chi connectivity index (χ0) is 15.8. The minimum atomic E-state index is -2.39. The molecule has 1 aromatic rings. The molecular weight excluding hydrogens is 310 g/mol. The van der Waals surface area contributed by atoms with Crippen LogP contribution in [0.25, 0.3) is 0 Å². The van der Waals surface area contributed by atoms with Crippen molar-refractivity contribution in [1.82, 2.24) is 10.6 Å². The van der Waals surface area contributed by atoms with E-state index in [1.54, 1.807) is 12.1 Å². The Balaban J connectivity index is 1.62. The quantitative estimate of drug-likeness (QED) is 0.767. The van der Waals surface area contributed by atoms with Crippen LogP contribution in [0.1, 0.15) is 43.6 Å². The average Bonchev–Trinajstić information content (AvgIpc) is 2.94. The Morgan fingerprint density at radius 2 is 2.00 bits per heavy atom. The molecule has 1 saturated carbocycles. The third-order valence-corrected chi connectivity index (χ3v) is 4.33. The highest BCUT2D eigenvalue weighted by atomic mass is 32.2. The Bertz CT molecular complexity index is 462. The summed E-state index contributed by atoms with van der Waals surface area (Å²) in [5, 5.41) is 6.03. The molecule has 4 nitrogen and oxygen atoms in total. The summed E-state index contributed by atoms with van der Waals surface area (Å²) >= 11 is 0.534. The van der Waals surface area contributed by atoms with Gasteiger partial charge in [0.1, 0.15) is 11.5 Å². The van der Waals surface area contributed by atoms with E-state index in [-0.39, 0.29) is 18.2 Å². The van der Waals surface area contributed by atoms with Crippen LogP contribution < -0.4 is 10.6 Å². The fourth-order valence-corrected chi connectivity index (χ4v) is 3.01. The lowest BCUT2D eigenvalue weighted by atomic mass is 9.95. The summed E-state index contributed by atoms with van der Waals surface area (Å²) in [5.74, 6) is -1.08. The molecule has 0 aromatic carbocycles. The molecule has 0 saturated heterocycles. The van der Waals surface area contributed by atoms with Crippen LogP contribution in [0.4, 0.5) is 8.78 Å². The zero-order valence-corrected chi connectivity index (χ0v) is 13.3. The van der Waals surface area contributed by atoms with E-state index in [9.17, 15) is 13.6 Å². The maximum absolute atomic E-state index is 12.1. The number of furan rings is 1. The Morgan fingerprint density at radius 3 is 2.73 bits per heavy atom. The molecule has 1 aromatic heterocycles. The maximum atomic E-state index is 12.1. The van der Waals surface area contributed by atoms with Crippen LogP contribution in [0.15, 0.2) is 16.5 Å². The monoisotopic (exact) mass is 332 g/mol. The predicted molar refractivity (Wildman–Crippen MR) is 82.7 cm³/mol. The number of nitrogens with one attached hydrogen (secondary N) is 2. The van der Waals surface area contributed by atoms with Gasteiger partial charge in [0, 0.05) is 6.04 Å². The largest absolute Gasteiger partial charge is 0.464 e. The first-order valence-corrected chi connectivity index (χ1v) is 8.66. The van der Waals surface area contributed by atoms with Gasteiger partial charge in [-0.25, -0.2) is 0 Å². The number of halogens is 2. The second kappa shape index (κ2) is 9.15. The van der Waals surface area contributed by atoms with Crippen LogP contribution in [-0.2, 0) is 17.1 Å². The minimum Gasteiger partial charge on any atom is -0.464 e. The number of carbonyl (C=O) groups excluding carboxylic acids is 1. The summed E-state index contributed by atoms with van der Waals surface area (Å²) in [5.41, 5.74) is 0. The molecule has 1 aliphatic carbocycles. The first-order valence-electron chi connectivity index (χ1n) is 7.61. The van der Waals surface area contributed by atoms with Gasteiger partial charge in [-0.15, -0.1) is 0 Å². The summed E-state index contributed by atoms with van der Waals surface area (Å²) < 4.78 is 29.6. The summed E-state index contributed by atoms with van der Waals surface area (Å²) in [4.78, 5) is 11.8. The van der Waals surface area contributed by atoms with Gasteiger partial charge in [0.15, 0.2) is 0 Å². The SMILES string of the molecule is O=C(CNCc1ccc(CSC(F)F)o1)NC1CCCCC1. The Morgan fingerprint density at radius 1 is 1.27 bits per heavy atom. The predicted octanol–water partition coefficient (Wildman–Crippen LogP) is 3.27. The van der Waals surface area contributed by atoms with Crippen molar-refractivity contribution in [3.63, 3.8) is 0 Å². The van der Waals surface area contributed by atoms with Gasteiger partial charge in [0.05, 0.1) is 18.8 Å². The highest BCUT2D eigenvalue weighted by Crippen LogP contribution is 2.21. The topological polar surface area (TPSA) is 54.3 Å². The van der Waals surface area contributed by atoms with E-state index in [2.05, 4.69) is 10.6 Å². The fourth-order valence-electron chi connectivity index (χ4n) is 2.56. The molecule has 0 spiro atoms. The number of amides is 1. The molecule has 1 aliphatic rings. The van der Waals surface area contributed by atoms with Crippen LogP contribution in [0.3, 0.4) is 0 Å². The Kier molecular flexibility index (Phi) is 7.18. The highest BCUT2D eigenvalue weighted by molar-refractivity contribution is 7.98. The van der Waals surface area contributed by atoms with Crippen molar-refractivity contribution in [2.75, 3.05) is 6.54 Å². The van der Waals surface area contributed by atoms with E-state index in [0.29, 0.717) is 35.9 Å². The van der Waals surface area contributed by atoms with E-state index >= 15 is 0 Å². The molecule has 1 amide bonds. The van der Waals surface area contributed by atoms with Gasteiger partial charge in [-0.2, -0.15) is 8.78 Å². The van der Waals surface area contributed by atoms with E-state index in [1.165, 1.54) is 19.3 Å². The van der Waals surface area contributed by atoms with E-state index < -0.39 is 5.76 Å². The molecule has 0 bridgehead atoms. The summed E-state index contributed by atoms with van der Waals surface area (Å²) in [6.45, 7) is 0.649. The second-order valence-electron chi connectivity index (χ2n) is 5.45. The molecule has 0 atom stereocenters. The molecule has 0 aliphatic heterocycles. The van der Waals surface area contributed by atoms with Crippen LogP contribution in [-0.4, -0.2) is 24.3 Å².